The Hall–Kier alpha value is -2.78. The van der Waals surface area contributed by atoms with E-state index in [0.29, 0.717) is 16.9 Å². The van der Waals surface area contributed by atoms with Crippen molar-refractivity contribution >= 4 is 29.5 Å². The van der Waals surface area contributed by atoms with Gasteiger partial charge in [-0.05, 0) is 30.2 Å². The first kappa shape index (κ1) is 19.0. The molecule has 0 aromatic heterocycles. The highest BCUT2D eigenvalue weighted by atomic mass is 32.2. The van der Waals surface area contributed by atoms with E-state index < -0.39 is 35.2 Å². The van der Waals surface area contributed by atoms with Crippen molar-refractivity contribution in [1.29, 1.82) is 0 Å². The van der Waals surface area contributed by atoms with E-state index in [9.17, 15) is 24.6 Å². The maximum atomic E-state index is 12.5. The van der Waals surface area contributed by atoms with Crippen molar-refractivity contribution < 1.29 is 24.6 Å². The van der Waals surface area contributed by atoms with Crippen molar-refractivity contribution in [2.24, 2.45) is 5.73 Å². The molecule has 1 aromatic carbocycles. The number of nitrogens with one attached hydrogen (secondary N) is 1. The molecule has 0 saturated carbocycles. The lowest BCUT2D eigenvalue weighted by molar-refractivity contribution is -0.150. The SMILES string of the molecule is C/C=C/C1=C(C(=O)O)N2C(=O)[C@@H](NC(=O)[C@@H](N)c3ccc(O)cc3)[C@H]2SC1. The second-order valence-corrected chi connectivity index (χ2v) is 7.25. The summed E-state index contributed by atoms with van der Waals surface area (Å²) in [5.74, 6) is -1.71. The number of amides is 2. The first-order valence-corrected chi connectivity index (χ1v) is 9.28. The highest BCUT2D eigenvalue weighted by Gasteiger charge is 2.54. The number of nitrogens with zero attached hydrogens (tertiary/aromatic N) is 1. The monoisotopic (exact) mass is 389 g/mol. The van der Waals surface area contributed by atoms with Crippen LogP contribution < -0.4 is 11.1 Å². The second-order valence-electron chi connectivity index (χ2n) is 6.14. The number of thioether (sulfide) groups is 1. The third-order valence-corrected chi connectivity index (χ3v) is 5.70. The van der Waals surface area contributed by atoms with E-state index in [2.05, 4.69) is 5.32 Å². The Morgan fingerprint density at radius 2 is 2.04 bits per heavy atom. The molecule has 0 spiro atoms. The van der Waals surface area contributed by atoms with E-state index in [1.165, 1.54) is 40.9 Å². The predicted molar refractivity (Wildman–Crippen MR) is 99.5 cm³/mol. The molecule has 3 atom stereocenters. The molecule has 8 nitrogen and oxygen atoms in total. The Morgan fingerprint density at radius 3 is 2.63 bits per heavy atom. The van der Waals surface area contributed by atoms with Gasteiger partial charge in [0, 0.05) is 5.75 Å². The predicted octanol–water partition coefficient (Wildman–Crippen LogP) is 0.707. The Kier molecular flexibility index (Phi) is 5.24. The van der Waals surface area contributed by atoms with Gasteiger partial charge in [0.2, 0.25) is 5.91 Å². The second kappa shape index (κ2) is 7.45. The third-order valence-electron chi connectivity index (χ3n) is 4.40. The molecule has 142 valence electrons. The van der Waals surface area contributed by atoms with Gasteiger partial charge in [0.15, 0.2) is 0 Å². The van der Waals surface area contributed by atoms with Crippen LogP contribution in [0.5, 0.6) is 5.75 Å². The van der Waals surface area contributed by atoms with E-state index >= 15 is 0 Å². The number of hydrogen-bond donors (Lipinski definition) is 4. The number of carbonyl (C=O) groups excluding carboxylic acids is 2. The molecule has 9 heteroatoms. The molecule has 0 bridgehead atoms. The average molecular weight is 389 g/mol. The Labute approximate surface area is 159 Å². The number of hydrogen-bond acceptors (Lipinski definition) is 6. The summed E-state index contributed by atoms with van der Waals surface area (Å²) in [5, 5.41) is 20.9. The van der Waals surface area contributed by atoms with Crippen LogP contribution in [-0.4, -0.2) is 50.1 Å². The minimum Gasteiger partial charge on any atom is -0.508 e. The molecule has 0 unspecified atom stereocenters. The van der Waals surface area contributed by atoms with E-state index in [1.807, 2.05) is 0 Å². The molecular formula is C18H19N3O5S. The first-order valence-electron chi connectivity index (χ1n) is 8.24. The van der Waals surface area contributed by atoms with Crippen LogP contribution in [0.1, 0.15) is 18.5 Å². The van der Waals surface area contributed by atoms with Crippen LogP contribution in [0.15, 0.2) is 47.7 Å². The van der Waals surface area contributed by atoms with Crippen molar-refractivity contribution in [3.8, 4) is 5.75 Å². The molecule has 2 heterocycles. The maximum absolute atomic E-state index is 12.5. The highest BCUT2D eigenvalue weighted by Crippen LogP contribution is 2.40. The number of benzene rings is 1. The molecule has 0 aliphatic carbocycles. The van der Waals surface area contributed by atoms with Gasteiger partial charge >= 0.3 is 5.97 Å². The summed E-state index contributed by atoms with van der Waals surface area (Å²) in [6.07, 6.45) is 3.39. The van der Waals surface area contributed by atoms with Gasteiger partial charge in [0.25, 0.3) is 5.91 Å². The minimum atomic E-state index is -1.17. The molecule has 1 saturated heterocycles. The first-order chi connectivity index (χ1) is 12.8. The summed E-state index contributed by atoms with van der Waals surface area (Å²) in [7, 11) is 0. The number of allylic oxidation sites excluding steroid dienone is 2. The largest absolute Gasteiger partial charge is 0.508 e. The van der Waals surface area contributed by atoms with Gasteiger partial charge in [-0.15, -0.1) is 11.8 Å². The molecule has 1 aromatic rings. The van der Waals surface area contributed by atoms with Crippen molar-refractivity contribution in [2.45, 2.75) is 24.4 Å². The highest BCUT2D eigenvalue weighted by molar-refractivity contribution is 8.00. The third kappa shape index (κ3) is 3.43. The standard InChI is InChI=1S/C18H19N3O5S/c1-2-3-10-8-27-17-13(16(24)21(17)14(10)18(25)26)20-15(23)12(19)9-4-6-11(22)7-5-9/h2-7,12-13,17,22H,8,19H2,1H3,(H,20,23)(H,25,26)/b3-2+/t12-,13+,17+/m0/s1. The fourth-order valence-corrected chi connectivity index (χ4v) is 4.37. The number of aromatic hydroxyl groups is 1. The van der Waals surface area contributed by atoms with Crippen LogP contribution in [0.4, 0.5) is 0 Å². The summed E-state index contributed by atoms with van der Waals surface area (Å²) < 4.78 is 0. The molecule has 2 amide bonds. The fraction of sp³-hybridized carbons (Fsp3) is 0.278. The van der Waals surface area contributed by atoms with Crippen LogP contribution in [-0.2, 0) is 14.4 Å². The van der Waals surface area contributed by atoms with Crippen LogP contribution in [0.2, 0.25) is 0 Å². The summed E-state index contributed by atoms with van der Waals surface area (Å²) in [5.41, 5.74) is 6.93. The minimum absolute atomic E-state index is 0.0461. The number of phenols is 1. The molecule has 2 aliphatic heterocycles. The summed E-state index contributed by atoms with van der Waals surface area (Å²) in [6.45, 7) is 1.77. The number of β-lactam (4-membered cyclic amide) rings is 1. The van der Waals surface area contributed by atoms with E-state index in [0.717, 1.165) is 0 Å². The number of phenolic OH excluding ortho intramolecular Hbond substituents is 1. The van der Waals surface area contributed by atoms with Gasteiger partial charge in [-0.25, -0.2) is 4.79 Å². The molecule has 27 heavy (non-hydrogen) atoms. The van der Waals surface area contributed by atoms with Crippen molar-refractivity contribution in [1.82, 2.24) is 10.2 Å². The van der Waals surface area contributed by atoms with Crippen molar-refractivity contribution in [3.05, 3.63) is 53.3 Å². The normalized spacial score (nSPS) is 23.0. The number of fused-ring (bicyclic) bond motifs is 1. The van der Waals surface area contributed by atoms with Crippen molar-refractivity contribution in [2.75, 3.05) is 5.75 Å². The Balaban J connectivity index is 1.74. The maximum Gasteiger partial charge on any atom is 0.352 e. The number of carboxylic acids is 1. The van der Waals surface area contributed by atoms with E-state index in [4.69, 9.17) is 5.73 Å². The number of nitrogens with two attached hydrogens (primary N) is 1. The van der Waals surface area contributed by atoms with Gasteiger partial charge < -0.3 is 21.3 Å². The van der Waals surface area contributed by atoms with Crippen molar-refractivity contribution in [3.63, 3.8) is 0 Å². The number of rotatable bonds is 5. The van der Waals surface area contributed by atoms with Gasteiger partial charge in [-0.2, -0.15) is 0 Å². The summed E-state index contributed by atoms with van der Waals surface area (Å²) >= 11 is 1.39. The van der Waals surface area contributed by atoms with Gasteiger partial charge in [0.1, 0.15) is 28.9 Å². The Morgan fingerprint density at radius 1 is 1.37 bits per heavy atom. The quantitative estimate of drug-likeness (QED) is 0.545. The topological polar surface area (TPSA) is 133 Å². The van der Waals surface area contributed by atoms with Gasteiger partial charge in [0.05, 0.1) is 0 Å². The van der Waals surface area contributed by atoms with Gasteiger partial charge in [-0.3, -0.25) is 14.5 Å². The molecule has 1 fully saturated rings. The van der Waals surface area contributed by atoms with Crippen LogP contribution in [0.3, 0.4) is 0 Å². The van der Waals surface area contributed by atoms with Crippen LogP contribution in [0.25, 0.3) is 0 Å². The molecular weight excluding hydrogens is 370 g/mol. The zero-order valence-electron chi connectivity index (χ0n) is 14.5. The van der Waals surface area contributed by atoms with E-state index in [-0.39, 0.29) is 11.4 Å². The zero-order valence-corrected chi connectivity index (χ0v) is 15.3. The summed E-state index contributed by atoms with van der Waals surface area (Å²) in [6, 6.07) is 4.06. The molecule has 5 N–H and O–H groups in total. The van der Waals surface area contributed by atoms with Gasteiger partial charge in [-0.1, -0.05) is 24.3 Å². The van der Waals surface area contributed by atoms with Crippen LogP contribution >= 0.6 is 11.8 Å². The number of carboxylic acid groups (broad SMARTS) is 1. The van der Waals surface area contributed by atoms with Crippen LogP contribution in [0, 0.1) is 0 Å². The number of aliphatic carboxylic acids is 1. The lowest BCUT2D eigenvalue weighted by atomic mass is 10.0. The molecule has 0 radical (unpaired) electrons. The lowest BCUT2D eigenvalue weighted by Crippen LogP contribution is -2.71. The summed E-state index contributed by atoms with van der Waals surface area (Å²) in [4.78, 5) is 37.7. The molecule has 2 aliphatic rings. The Bertz CT molecular complexity index is 849. The molecule has 3 rings (SSSR count). The smallest absolute Gasteiger partial charge is 0.352 e. The fourth-order valence-electron chi connectivity index (χ4n) is 3.05. The average Bonchev–Trinajstić information content (AvgIpc) is 2.65. The zero-order chi connectivity index (χ0) is 19.7. The lowest BCUT2D eigenvalue weighted by Gasteiger charge is -2.49. The van der Waals surface area contributed by atoms with E-state index in [1.54, 1.807) is 19.1 Å². The number of carbonyl (C=O) groups is 3.